The van der Waals surface area contributed by atoms with E-state index in [2.05, 4.69) is 5.10 Å². The first-order valence-corrected chi connectivity index (χ1v) is 6.96. The third kappa shape index (κ3) is 2.25. The van der Waals surface area contributed by atoms with Crippen LogP contribution in [0.5, 0.6) is 0 Å². The lowest BCUT2D eigenvalue weighted by Gasteiger charge is -2.33. The summed E-state index contributed by atoms with van der Waals surface area (Å²) >= 11 is 6.23. The number of carboxylic acid groups (broad SMARTS) is 1. The monoisotopic (exact) mass is 285 g/mol. The van der Waals surface area contributed by atoms with Crippen LogP contribution >= 0.6 is 11.6 Å². The minimum absolute atomic E-state index is 0.554. The van der Waals surface area contributed by atoms with E-state index < -0.39 is 11.5 Å². The highest BCUT2D eigenvalue weighted by Gasteiger charge is 2.46. The molecule has 1 unspecified atom stereocenters. The highest BCUT2D eigenvalue weighted by atomic mass is 35.5. The molecule has 0 aromatic carbocycles. The molecule has 0 radical (unpaired) electrons. The molecule has 0 bridgehead atoms. The maximum absolute atomic E-state index is 11.6. The number of halogens is 1. The van der Waals surface area contributed by atoms with Gasteiger partial charge in [0.1, 0.15) is 10.7 Å². The van der Waals surface area contributed by atoms with Crippen LogP contribution in [-0.4, -0.2) is 37.8 Å². The molecule has 0 aliphatic carbocycles. The van der Waals surface area contributed by atoms with Crippen LogP contribution in [-0.2, 0) is 18.4 Å². The zero-order valence-corrected chi connectivity index (χ0v) is 12.4. The van der Waals surface area contributed by atoms with Crippen LogP contribution in [0.3, 0.4) is 0 Å². The molecule has 2 heterocycles. The molecule has 5 nitrogen and oxygen atoms in total. The lowest BCUT2D eigenvalue weighted by Crippen LogP contribution is -2.49. The lowest BCUT2D eigenvalue weighted by molar-refractivity contribution is -0.150. The molecular weight excluding hydrogens is 266 g/mol. The van der Waals surface area contributed by atoms with E-state index in [-0.39, 0.29) is 0 Å². The third-order valence-electron chi connectivity index (χ3n) is 4.23. The molecule has 19 heavy (non-hydrogen) atoms. The van der Waals surface area contributed by atoms with Crippen molar-refractivity contribution in [2.24, 2.45) is 7.05 Å². The fourth-order valence-corrected chi connectivity index (χ4v) is 3.24. The first kappa shape index (κ1) is 14.3. The van der Waals surface area contributed by atoms with Crippen molar-refractivity contribution in [3.63, 3.8) is 0 Å². The number of aromatic nitrogens is 2. The van der Waals surface area contributed by atoms with Crippen LogP contribution < -0.4 is 0 Å². The van der Waals surface area contributed by atoms with Crippen molar-refractivity contribution in [1.29, 1.82) is 0 Å². The van der Waals surface area contributed by atoms with E-state index in [1.54, 1.807) is 11.7 Å². The second-order valence-electron chi connectivity index (χ2n) is 5.19. The van der Waals surface area contributed by atoms with Gasteiger partial charge in [0.2, 0.25) is 0 Å². The lowest BCUT2D eigenvalue weighted by atomic mass is 9.92. The molecule has 0 saturated carbocycles. The number of carboxylic acids is 1. The minimum atomic E-state index is -0.744. The maximum Gasteiger partial charge on any atom is 0.324 e. The second kappa shape index (κ2) is 5.13. The predicted octanol–water partition coefficient (Wildman–Crippen LogP) is 2.21. The second-order valence-corrected chi connectivity index (χ2v) is 5.55. The van der Waals surface area contributed by atoms with Gasteiger partial charge in [-0.3, -0.25) is 14.4 Å². The number of aliphatic carboxylic acids is 1. The Hall–Kier alpha value is -1.07. The molecule has 1 aromatic heterocycles. The molecule has 6 heteroatoms. The molecule has 1 saturated heterocycles. The van der Waals surface area contributed by atoms with Crippen molar-refractivity contribution in [3.8, 4) is 0 Å². The molecule has 0 amide bonds. The fourth-order valence-electron chi connectivity index (χ4n) is 3.00. The smallest absolute Gasteiger partial charge is 0.324 e. The molecular formula is C13H20ClN3O2. The Balaban J connectivity index is 2.29. The van der Waals surface area contributed by atoms with Crippen LogP contribution in [0.15, 0.2) is 0 Å². The number of aryl methyl sites for hydroxylation is 2. The first-order valence-electron chi connectivity index (χ1n) is 6.58. The summed E-state index contributed by atoms with van der Waals surface area (Å²) in [5.74, 6) is -0.731. The molecule has 1 aromatic rings. The van der Waals surface area contributed by atoms with Gasteiger partial charge in [-0.2, -0.15) is 5.10 Å². The van der Waals surface area contributed by atoms with Crippen LogP contribution in [0.2, 0.25) is 5.15 Å². The molecule has 1 N–H and O–H groups in total. The van der Waals surface area contributed by atoms with Crippen LogP contribution in [0.1, 0.15) is 37.4 Å². The largest absolute Gasteiger partial charge is 0.480 e. The normalized spacial score (nSPS) is 24.0. The molecule has 1 aliphatic heterocycles. The summed E-state index contributed by atoms with van der Waals surface area (Å²) < 4.78 is 1.64. The molecule has 1 atom stereocenters. The van der Waals surface area contributed by atoms with Crippen LogP contribution in [0, 0.1) is 6.92 Å². The van der Waals surface area contributed by atoms with Crippen LogP contribution in [0.25, 0.3) is 0 Å². The van der Waals surface area contributed by atoms with Crippen molar-refractivity contribution < 1.29 is 9.90 Å². The number of nitrogens with zero attached hydrogens (tertiary/aromatic N) is 3. The average Bonchev–Trinajstić information content (AvgIpc) is 2.87. The van der Waals surface area contributed by atoms with E-state index in [0.717, 1.165) is 24.2 Å². The van der Waals surface area contributed by atoms with E-state index >= 15 is 0 Å². The number of hydrogen-bond donors (Lipinski definition) is 1. The molecule has 106 valence electrons. The number of hydrogen-bond acceptors (Lipinski definition) is 3. The maximum atomic E-state index is 11.6. The number of rotatable bonds is 4. The fraction of sp³-hybridized carbons (Fsp3) is 0.692. The van der Waals surface area contributed by atoms with Gasteiger partial charge in [-0.15, -0.1) is 0 Å². The Morgan fingerprint density at radius 1 is 1.58 bits per heavy atom. The van der Waals surface area contributed by atoms with Crippen molar-refractivity contribution in [2.45, 2.75) is 45.2 Å². The van der Waals surface area contributed by atoms with E-state index in [0.29, 0.717) is 24.5 Å². The Kier molecular flexibility index (Phi) is 3.87. The summed E-state index contributed by atoms with van der Waals surface area (Å²) in [6, 6.07) is 0. The zero-order chi connectivity index (χ0) is 14.2. The third-order valence-corrected chi connectivity index (χ3v) is 4.70. The summed E-state index contributed by atoms with van der Waals surface area (Å²) in [5, 5.41) is 14.4. The summed E-state index contributed by atoms with van der Waals surface area (Å²) in [5.41, 5.74) is 1.06. The standard InChI is InChI=1S/C13H20ClN3O2/c1-4-13(12(18)19)6-5-7-17(13)8-10-9(2)15-16(3)11(10)14/h4-8H2,1-3H3,(H,18,19). The van der Waals surface area contributed by atoms with Gasteiger partial charge < -0.3 is 5.11 Å². The predicted molar refractivity (Wildman–Crippen MR) is 73.3 cm³/mol. The minimum Gasteiger partial charge on any atom is -0.480 e. The Morgan fingerprint density at radius 2 is 2.26 bits per heavy atom. The topological polar surface area (TPSA) is 58.4 Å². The Labute approximate surface area is 118 Å². The molecule has 1 aliphatic rings. The van der Waals surface area contributed by atoms with E-state index in [4.69, 9.17) is 11.6 Å². The molecule has 1 fully saturated rings. The average molecular weight is 286 g/mol. The SMILES string of the molecule is CCC1(C(=O)O)CCCN1Cc1c(C)nn(C)c1Cl. The Bertz CT molecular complexity index is 500. The quantitative estimate of drug-likeness (QED) is 0.921. The van der Waals surface area contributed by atoms with Gasteiger partial charge in [0.15, 0.2) is 0 Å². The van der Waals surface area contributed by atoms with Gasteiger partial charge in [-0.05, 0) is 32.7 Å². The van der Waals surface area contributed by atoms with Crippen LogP contribution in [0.4, 0.5) is 0 Å². The first-order chi connectivity index (χ1) is 8.92. The number of carbonyl (C=O) groups is 1. The van der Waals surface area contributed by atoms with Crippen molar-refractivity contribution >= 4 is 17.6 Å². The molecule has 2 rings (SSSR count). The van der Waals surface area contributed by atoms with Gasteiger partial charge in [-0.25, -0.2) is 0 Å². The van der Waals surface area contributed by atoms with Gasteiger partial charge in [0, 0.05) is 19.2 Å². The Morgan fingerprint density at radius 3 is 2.74 bits per heavy atom. The van der Waals surface area contributed by atoms with Crippen molar-refractivity contribution in [2.75, 3.05) is 6.54 Å². The van der Waals surface area contributed by atoms with Crippen molar-refractivity contribution in [1.82, 2.24) is 14.7 Å². The van der Waals surface area contributed by atoms with E-state index in [1.807, 2.05) is 18.7 Å². The van der Waals surface area contributed by atoms with Gasteiger partial charge in [0.25, 0.3) is 0 Å². The van der Waals surface area contributed by atoms with Gasteiger partial charge >= 0.3 is 5.97 Å². The number of likely N-dealkylation sites (tertiary alicyclic amines) is 1. The summed E-state index contributed by atoms with van der Waals surface area (Å²) in [4.78, 5) is 13.7. The van der Waals surface area contributed by atoms with Gasteiger partial charge in [-0.1, -0.05) is 18.5 Å². The summed E-state index contributed by atoms with van der Waals surface area (Å²) in [6.45, 7) is 5.19. The van der Waals surface area contributed by atoms with Crippen molar-refractivity contribution in [3.05, 3.63) is 16.4 Å². The van der Waals surface area contributed by atoms with E-state index in [9.17, 15) is 9.90 Å². The highest BCUT2D eigenvalue weighted by molar-refractivity contribution is 6.30. The summed E-state index contributed by atoms with van der Waals surface area (Å²) in [7, 11) is 1.80. The zero-order valence-electron chi connectivity index (χ0n) is 11.6. The molecule has 0 spiro atoms. The summed E-state index contributed by atoms with van der Waals surface area (Å²) in [6.07, 6.45) is 2.23. The van der Waals surface area contributed by atoms with Gasteiger partial charge in [0.05, 0.1) is 5.69 Å². The highest BCUT2D eigenvalue weighted by Crippen LogP contribution is 2.35. The van der Waals surface area contributed by atoms with E-state index in [1.165, 1.54) is 0 Å².